The van der Waals surface area contributed by atoms with Gasteiger partial charge in [-0.3, -0.25) is 19.3 Å². The summed E-state index contributed by atoms with van der Waals surface area (Å²) in [5, 5.41) is 2.45. The number of thioether (sulfide) groups is 1. The van der Waals surface area contributed by atoms with E-state index in [4.69, 9.17) is 20.8 Å². The molecule has 2 heterocycles. The van der Waals surface area contributed by atoms with Crippen molar-refractivity contribution in [3.63, 3.8) is 0 Å². The number of esters is 1. The Balaban J connectivity index is 1.48. The summed E-state index contributed by atoms with van der Waals surface area (Å²) in [5.74, 6) is -0.890. The van der Waals surface area contributed by atoms with E-state index >= 15 is 0 Å². The number of anilines is 1. The molecule has 2 aromatic carbocycles. The van der Waals surface area contributed by atoms with Crippen LogP contribution in [0.5, 0.6) is 0 Å². The number of carbonyl (C=O) groups excluding carboxylic acids is 4. The molecule has 0 spiro atoms. The van der Waals surface area contributed by atoms with Crippen LogP contribution in [0.3, 0.4) is 0 Å². The quantitative estimate of drug-likeness (QED) is 0.326. The standard InChI is InChI=1S/C26H21ClN2O6S/c1-14-4-5-15(2)20(10-14)28-23(30)13-29-24(31)22(36-26(29)33)12-17-7-9-21(35-17)16-6-8-19(27)18(11-16)25(32)34-3/h4-12H,13H2,1-3H3,(H,28,30)/b22-12+. The minimum absolute atomic E-state index is 0.131. The summed E-state index contributed by atoms with van der Waals surface area (Å²) >= 11 is 6.80. The van der Waals surface area contributed by atoms with Gasteiger partial charge in [0.2, 0.25) is 5.91 Å². The Kier molecular flexibility index (Phi) is 7.32. The highest BCUT2D eigenvalue weighted by Gasteiger charge is 2.36. The number of furan rings is 1. The van der Waals surface area contributed by atoms with Gasteiger partial charge in [0, 0.05) is 17.3 Å². The molecule has 36 heavy (non-hydrogen) atoms. The number of halogens is 1. The first-order valence-corrected chi connectivity index (χ1v) is 12.0. The number of aryl methyl sites for hydroxylation is 2. The van der Waals surface area contributed by atoms with Crippen LogP contribution in [0.1, 0.15) is 27.2 Å². The van der Waals surface area contributed by atoms with E-state index in [-0.39, 0.29) is 15.5 Å². The molecule has 184 valence electrons. The highest BCUT2D eigenvalue weighted by Crippen LogP contribution is 2.34. The Hall–Kier alpha value is -3.82. The van der Waals surface area contributed by atoms with E-state index in [1.165, 1.54) is 13.2 Å². The maximum Gasteiger partial charge on any atom is 0.339 e. The van der Waals surface area contributed by atoms with Gasteiger partial charge < -0.3 is 14.5 Å². The largest absolute Gasteiger partial charge is 0.465 e. The Bertz CT molecular complexity index is 1430. The van der Waals surface area contributed by atoms with Crippen molar-refractivity contribution in [3.05, 3.63) is 80.9 Å². The number of hydrogen-bond donors (Lipinski definition) is 1. The van der Waals surface area contributed by atoms with E-state index in [2.05, 4.69) is 5.32 Å². The van der Waals surface area contributed by atoms with Gasteiger partial charge >= 0.3 is 5.97 Å². The van der Waals surface area contributed by atoms with Crippen molar-refractivity contribution in [2.45, 2.75) is 13.8 Å². The maximum atomic E-state index is 12.8. The zero-order chi connectivity index (χ0) is 26.0. The van der Waals surface area contributed by atoms with Crippen LogP contribution in [0.15, 0.2) is 57.9 Å². The van der Waals surface area contributed by atoms with E-state index in [1.807, 2.05) is 32.0 Å². The molecule has 0 unspecified atom stereocenters. The van der Waals surface area contributed by atoms with Crippen molar-refractivity contribution >= 4 is 58.1 Å². The Morgan fingerprint density at radius 2 is 1.89 bits per heavy atom. The first-order valence-electron chi connectivity index (χ1n) is 10.8. The molecule has 0 bridgehead atoms. The van der Waals surface area contributed by atoms with Gasteiger partial charge in [0.05, 0.1) is 22.6 Å². The summed E-state index contributed by atoms with van der Waals surface area (Å²) in [6.45, 7) is 3.36. The lowest BCUT2D eigenvalue weighted by Crippen LogP contribution is -2.36. The van der Waals surface area contributed by atoms with Gasteiger partial charge in [-0.05, 0) is 73.1 Å². The fraction of sp³-hybridized carbons (Fsp3) is 0.154. The topological polar surface area (TPSA) is 106 Å². The van der Waals surface area contributed by atoms with Gasteiger partial charge in [0.15, 0.2) is 0 Å². The number of amides is 3. The summed E-state index contributed by atoms with van der Waals surface area (Å²) in [6, 6.07) is 13.7. The van der Waals surface area contributed by atoms with Crippen LogP contribution >= 0.6 is 23.4 Å². The lowest BCUT2D eigenvalue weighted by atomic mass is 10.1. The minimum Gasteiger partial charge on any atom is -0.465 e. The second-order valence-corrected chi connectivity index (χ2v) is 9.42. The van der Waals surface area contributed by atoms with E-state index in [0.717, 1.165) is 27.8 Å². The molecule has 1 N–H and O–H groups in total. The van der Waals surface area contributed by atoms with Gasteiger partial charge in [-0.1, -0.05) is 23.7 Å². The SMILES string of the molecule is COC(=O)c1cc(-c2ccc(/C=C3/SC(=O)N(CC(=O)Nc4cc(C)ccc4C)C3=O)o2)ccc1Cl. The number of benzene rings is 2. The second kappa shape index (κ2) is 10.4. The molecule has 1 aromatic heterocycles. The maximum absolute atomic E-state index is 12.8. The molecule has 4 rings (SSSR count). The predicted octanol–water partition coefficient (Wildman–Crippen LogP) is 5.68. The number of ether oxygens (including phenoxy) is 1. The number of hydrogen-bond acceptors (Lipinski definition) is 7. The molecule has 0 radical (unpaired) electrons. The number of carbonyl (C=O) groups is 4. The van der Waals surface area contributed by atoms with Gasteiger partial charge in [-0.15, -0.1) is 0 Å². The number of nitrogens with zero attached hydrogens (tertiary/aromatic N) is 1. The van der Waals surface area contributed by atoms with Crippen molar-refractivity contribution in [2.75, 3.05) is 19.0 Å². The number of methoxy groups -OCH3 is 1. The second-order valence-electron chi connectivity index (χ2n) is 8.02. The third-order valence-electron chi connectivity index (χ3n) is 5.40. The van der Waals surface area contributed by atoms with Crippen molar-refractivity contribution in [1.29, 1.82) is 0 Å². The smallest absolute Gasteiger partial charge is 0.339 e. The highest BCUT2D eigenvalue weighted by molar-refractivity contribution is 8.18. The van der Waals surface area contributed by atoms with Crippen LogP contribution < -0.4 is 5.32 Å². The van der Waals surface area contributed by atoms with Crippen molar-refractivity contribution < 1.29 is 28.3 Å². The lowest BCUT2D eigenvalue weighted by Gasteiger charge is -2.14. The average Bonchev–Trinajstić information content (AvgIpc) is 3.41. The Morgan fingerprint density at radius 3 is 2.64 bits per heavy atom. The fourth-order valence-electron chi connectivity index (χ4n) is 3.50. The number of nitrogens with one attached hydrogen (secondary N) is 1. The first-order chi connectivity index (χ1) is 17.2. The van der Waals surface area contributed by atoms with Crippen molar-refractivity contribution in [1.82, 2.24) is 4.90 Å². The van der Waals surface area contributed by atoms with E-state index < -0.39 is 29.6 Å². The average molecular weight is 525 g/mol. The molecular weight excluding hydrogens is 504 g/mol. The normalized spacial score (nSPS) is 14.4. The Morgan fingerprint density at radius 1 is 1.11 bits per heavy atom. The van der Waals surface area contributed by atoms with E-state index in [9.17, 15) is 19.2 Å². The van der Waals surface area contributed by atoms with Crippen molar-refractivity contribution in [2.24, 2.45) is 0 Å². The molecule has 3 aromatic rings. The van der Waals surface area contributed by atoms with Crippen LogP contribution in [-0.4, -0.2) is 41.6 Å². The van der Waals surface area contributed by atoms with Crippen LogP contribution in [0, 0.1) is 13.8 Å². The zero-order valence-corrected chi connectivity index (χ0v) is 21.2. The van der Waals surface area contributed by atoms with Gasteiger partial charge in [-0.2, -0.15) is 0 Å². The molecule has 0 saturated carbocycles. The predicted molar refractivity (Wildman–Crippen MR) is 138 cm³/mol. The summed E-state index contributed by atoms with van der Waals surface area (Å²) in [5.41, 5.74) is 3.24. The molecule has 1 aliphatic rings. The molecule has 1 saturated heterocycles. The van der Waals surface area contributed by atoms with E-state index in [1.54, 1.807) is 30.3 Å². The Labute approximate surface area is 216 Å². The van der Waals surface area contributed by atoms with Crippen LogP contribution in [-0.2, 0) is 14.3 Å². The van der Waals surface area contributed by atoms with Crippen molar-refractivity contribution in [3.8, 4) is 11.3 Å². The fourth-order valence-corrected chi connectivity index (χ4v) is 4.51. The van der Waals surface area contributed by atoms with Gasteiger partial charge in [0.25, 0.3) is 11.1 Å². The molecular formula is C26H21ClN2O6S. The third-order valence-corrected chi connectivity index (χ3v) is 6.64. The monoisotopic (exact) mass is 524 g/mol. The van der Waals surface area contributed by atoms with Gasteiger partial charge in [0.1, 0.15) is 18.1 Å². The first kappa shape index (κ1) is 25.3. The molecule has 1 aliphatic heterocycles. The minimum atomic E-state index is -0.585. The molecule has 1 fully saturated rings. The van der Waals surface area contributed by atoms with Crippen LogP contribution in [0.2, 0.25) is 5.02 Å². The van der Waals surface area contributed by atoms with Crippen LogP contribution in [0.25, 0.3) is 17.4 Å². The third kappa shape index (κ3) is 5.37. The lowest BCUT2D eigenvalue weighted by molar-refractivity contribution is -0.127. The zero-order valence-electron chi connectivity index (χ0n) is 19.6. The highest BCUT2D eigenvalue weighted by atomic mass is 35.5. The molecule has 0 atom stereocenters. The summed E-state index contributed by atoms with van der Waals surface area (Å²) < 4.78 is 10.5. The summed E-state index contributed by atoms with van der Waals surface area (Å²) in [7, 11) is 1.26. The summed E-state index contributed by atoms with van der Waals surface area (Å²) in [4.78, 5) is 50.7. The molecule has 3 amide bonds. The molecule has 8 nitrogen and oxygen atoms in total. The van der Waals surface area contributed by atoms with E-state index in [0.29, 0.717) is 22.8 Å². The molecule has 10 heteroatoms. The number of imide groups is 1. The van der Waals surface area contributed by atoms with Crippen LogP contribution in [0.4, 0.5) is 10.5 Å². The molecule has 0 aliphatic carbocycles. The van der Waals surface area contributed by atoms with Gasteiger partial charge in [-0.25, -0.2) is 4.79 Å². The summed E-state index contributed by atoms with van der Waals surface area (Å²) in [6.07, 6.45) is 1.44. The number of rotatable bonds is 6.